The molecule has 0 bridgehead atoms. The molecule has 0 saturated carbocycles. The molecule has 1 rings (SSSR count). The quantitative estimate of drug-likeness (QED) is 0.833. The fourth-order valence-electron chi connectivity index (χ4n) is 1.45. The number of ether oxygens (including phenoxy) is 1. The topological polar surface area (TPSA) is 42.1 Å². The van der Waals surface area contributed by atoms with Crippen LogP contribution < -0.4 is 0 Å². The maximum atomic E-state index is 11.8. The third-order valence-electron chi connectivity index (χ3n) is 2.59. The van der Waals surface area contributed by atoms with Gasteiger partial charge in [-0.2, -0.15) is 13.2 Å². The highest BCUT2D eigenvalue weighted by molar-refractivity contribution is 5.97. The van der Waals surface area contributed by atoms with E-state index in [1.165, 1.54) is 0 Å². The van der Waals surface area contributed by atoms with E-state index in [0.29, 0.717) is 5.69 Å². The molecule has 1 N–H and O–H groups in total. The van der Waals surface area contributed by atoms with Crippen molar-refractivity contribution in [3.05, 3.63) is 22.5 Å². The highest BCUT2D eigenvalue weighted by Gasteiger charge is 2.28. The molecule has 3 nitrogen and oxygen atoms in total. The Kier molecular flexibility index (Phi) is 3.98. The molecular weight excluding hydrogens is 235 g/mol. The predicted octanol–water partition coefficient (Wildman–Crippen LogP) is 2.70. The molecule has 0 aromatic carbocycles. The first kappa shape index (κ1) is 13.8. The summed E-state index contributed by atoms with van der Waals surface area (Å²) >= 11 is 0. The fraction of sp³-hybridized carbons (Fsp3) is 0.545. The van der Waals surface area contributed by atoms with Gasteiger partial charge in [0.15, 0.2) is 0 Å². The molecule has 0 aliphatic rings. The lowest BCUT2D eigenvalue weighted by molar-refractivity contribution is -0.170. The van der Waals surface area contributed by atoms with Crippen LogP contribution in [-0.4, -0.2) is 30.2 Å². The van der Waals surface area contributed by atoms with Crippen LogP contribution in [-0.2, 0) is 4.74 Å². The highest BCUT2D eigenvalue weighted by atomic mass is 19.4. The molecule has 0 unspecified atom stereocenters. The van der Waals surface area contributed by atoms with E-state index < -0.39 is 25.2 Å². The first-order valence-electron chi connectivity index (χ1n) is 5.06. The standard InChI is InChI=1S/C11H14F3NO2/c1-6-7(2)10(15-8(6)3)9(16)4-17-5-11(12,13)14/h15H,4-5H2,1-3H3. The van der Waals surface area contributed by atoms with Crippen LogP contribution in [0.3, 0.4) is 0 Å². The van der Waals surface area contributed by atoms with E-state index in [-0.39, 0.29) is 0 Å². The SMILES string of the molecule is Cc1[nH]c(C(=O)COCC(F)(F)F)c(C)c1C. The van der Waals surface area contributed by atoms with Gasteiger partial charge in [0.25, 0.3) is 0 Å². The van der Waals surface area contributed by atoms with Gasteiger partial charge >= 0.3 is 6.18 Å². The molecule has 1 heterocycles. The molecular formula is C11H14F3NO2. The van der Waals surface area contributed by atoms with E-state index in [1.54, 1.807) is 13.8 Å². The number of nitrogens with one attached hydrogen (secondary N) is 1. The lowest BCUT2D eigenvalue weighted by atomic mass is 10.1. The molecule has 0 saturated heterocycles. The third kappa shape index (κ3) is 3.59. The molecule has 0 atom stereocenters. The van der Waals surface area contributed by atoms with Crippen LogP contribution in [0, 0.1) is 20.8 Å². The average Bonchev–Trinajstić information content (AvgIpc) is 2.44. The smallest absolute Gasteiger partial charge is 0.364 e. The van der Waals surface area contributed by atoms with Crippen LogP contribution in [0.25, 0.3) is 0 Å². The summed E-state index contributed by atoms with van der Waals surface area (Å²) in [5, 5.41) is 0. The van der Waals surface area contributed by atoms with E-state index in [9.17, 15) is 18.0 Å². The number of halogens is 3. The monoisotopic (exact) mass is 249 g/mol. The van der Waals surface area contributed by atoms with Crippen LogP contribution in [0.15, 0.2) is 0 Å². The molecule has 1 aromatic heterocycles. The molecule has 0 aliphatic carbocycles. The summed E-state index contributed by atoms with van der Waals surface area (Å²) in [6, 6.07) is 0. The van der Waals surface area contributed by atoms with Gasteiger partial charge in [-0.05, 0) is 31.9 Å². The minimum absolute atomic E-state index is 0.321. The summed E-state index contributed by atoms with van der Waals surface area (Å²) in [5.74, 6) is -0.469. The van der Waals surface area contributed by atoms with Crippen molar-refractivity contribution in [2.45, 2.75) is 26.9 Å². The lowest BCUT2D eigenvalue weighted by Crippen LogP contribution is -2.20. The Balaban J connectivity index is 2.62. The second-order valence-electron chi connectivity index (χ2n) is 3.91. The van der Waals surface area contributed by atoms with Crippen molar-refractivity contribution in [1.29, 1.82) is 0 Å². The van der Waals surface area contributed by atoms with Crippen LogP contribution >= 0.6 is 0 Å². The second kappa shape index (κ2) is 4.91. The number of alkyl halides is 3. The molecule has 0 aliphatic heterocycles. The van der Waals surface area contributed by atoms with Crippen LogP contribution in [0.4, 0.5) is 13.2 Å². The number of Topliss-reactive ketones (excluding diaryl/α,β-unsaturated/α-hetero) is 1. The Morgan fingerprint density at radius 3 is 2.24 bits per heavy atom. The van der Waals surface area contributed by atoms with E-state index in [0.717, 1.165) is 16.8 Å². The van der Waals surface area contributed by atoms with Crippen molar-refractivity contribution in [2.75, 3.05) is 13.2 Å². The van der Waals surface area contributed by atoms with E-state index in [2.05, 4.69) is 9.72 Å². The second-order valence-corrected chi connectivity index (χ2v) is 3.91. The summed E-state index contributed by atoms with van der Waals surface area (Å²) in [5.41, 5.74) is 2.84. The van der Waals surface area contributed by atoms with Crippen molar-refractivity contribution in [1.82, 2.24) is 4.98 Å². The van der Waals surface area contributed by atoms with E-state index >= 15 is 0 Å². The van der Waals surface area contributed by atoms with Gasteiger partial charge in [-0.15, -0.1) is 0 Å². The predicted molar refractivity (Wildman–Crippen MR) is 56.2 cm³/mol. The maximum absolute atomic E-state index is 11.8. The fourth-order valence-corrected chi connectivity index (χ4v) is 1.45. The Morgan fingerprint density at radius 2 is 1.82 bits per heavy atom. The van der Waals surface area contributed by atoms with Crippen molar-refractivity contribution < 1.29 is 22.7 Å². The molecule has 96 valence electrons. The average molecular weight is 249 g/mol. The number of rotatable bonds is 4. The number of hydrogen-bond acceptors (Lipinski definition) is 2. The number of aromatic nitrogens is 1. The summed E-state index contributed by atoms with van der Waals surface area (Å²) in [6.07, 6.45) is -4.41. The van der Waals surface area contributed by atoms with Gasteiger partial charge < -0.3 is 9.72 Å². The van der Waals surface area contributed by atoms with Gasteiger partial charge in [0, 0.05) is 5.69 Å². The minimum atomic E-state index is -4.41. The van der Waals surface area contributed by atoms with Gasteiger partial charge in [0.05, 0.1) is 5.69 Å². The number of aromatic amines is 1. The molecule has 0 spiro atoms. The Hall–Kier alpha value is -1.30. The zero-order chi connectivity index (χ0) is 13.2. The van der Waals surface area contributed by atoms with Gasteiger partial charge in [0.1, 0.15) is 13.2 Å². The molecule has 0 fully saturated rings. The Morgan fingerprint density at radius 1 is 1.24 bits per heavy atom. The lowest BCUT2D eigenvalue weighted by Gasteiger charge is -2.06. The Bertz CT molecular complexity index is 421. The minimum Gasteiger partial charge on any atom is -0.364 e. The number of H-pyrrole nitrogens is 1. The number of carbonyl (C=O) groups excluding carboxylic acids is 1. The zero-order valence-electron chi connectivity index (χ0n) is 9.86. The largest absolute Gasteiger partial charge is 0.411 e. The summed E-state index contributed by atoms with van der Waals surface area (Å²) in [4.78, 5) is 14.4. The van der Waals surface area contributed by atoms with E-state index in [1.807, 2.05) is 6.92 Å². The zero-order valence-corrected chi connectivity index (χ0v) is 9.86. The van der Waals surface area contributed by atoms with Gasteiger partial charge in [-0.1, -0.05) is 0 Å². The Labute approximate surface area is 97.0 Å². The number of aryl methyl sites for hydroxylation is 1. The first-order chi connectivity index (χ1) is 7.72. The van der Waals surface area contributed by atoms with Gasteiger partial charge in [-0.25, -0.2) is 0 Å². The van der Waals surface area contributed by atoms with Crippen molar-refractivity contribution in [2.24, 2.45) is 0 Å². The molecule has 0 radical (unpaired) electrons. The summed E-state index contributed by atoms with van der Waals surface area (Å²) in [7, 11) is 0. The normalized spacial score (nSPS) is 11.9. The number of hydrogen-bond donors (Lipinski definition) is 1. The van der Waals surface area contributed by atoms with Crippen LogP contribution in [0.2, 0.25) is 0 Å². The molecule has 17 heavy (non-hydrogen) atoms. The molecule has 0 amide bonds. The molecule has 6 heteroatoms. The van der Waals surface area contributed by atoms with Gasteiger partial charge in [0.2, 0.25) is 5.78 Å². The van der Waals surface area contributed by atoms with Crippen molar-refractivity contribution in [3.8, 4) is 0 Å². The van der Waals surface area contributed by atoms with Crippen LogP contribution in [0.1, 0.15) is 27.3 Å². The maximum Gasteiger partial charge on any atom is 0.411 e. The third-order valence-corrected chi connectivity index (χ3v) is 2.59. The first-order valence-corrected chi connectivity index (χ1v) is 5.06. The summed E-state index contributed by atoms with van der Waals surface area (Å²) in [6.45, 7) is 3.41. The number of carbonyl (C=O) groups is 1. The van der Waals surface area contributed by atoms with E-state index in [4.69, 9.17) is 0 Å². The van der Waals surface area contributed by atoms with Crippen molar-refractivity contribution >= 4 is 5.78 Å². The van der Waals surface area contributed by atoms with Gasteiger partial charge in [-0.3, -0.25) is 4.79 Å². The number of ketones is 1. The summed E-state index contributed by atoms with van der Waals surface area (Å²) < 4.78 is 39.8. The van der Waals surface area contributed by atoms with Crippen LogP contribution in [0.5, 0.6) is 0 Å². The van der Waals surface area contributed by atoms with Crippen molar-refractivity contribution in [3.63, 3.8) is 0 Å². The highest BCUT2D eigenvalue weighted by Crippen LogP contribution is 2.18. The molecule has 1 aromatic rings.